The average Bonchev–Trinajstić information content (AvgIpc) is 2.77. The van der Waals surface area contributed by atoms with E-state index in [-0.39, 0.29) is 6.42 Å². The number of aryl methyl sites for hydroxylation is 1. The topological polar surface area (TPSA) is 58.4 Å². The van der Waals surface area contributed by atoms with Crippen molar-refractivity contribution in [1.29, 1.82) is 0 Å². The zero-order valence-corrected chi connectivity index (χ0v) is 17.2. The Hall–Kier alpha value is -2.80. The quantitative estimate of drug-likeness (QED) is 0.527. The summed E-state index contributed by atoms with van der Waals surface area (Å²) in [5.74, 6) is -0.847. The molecule has 3 unspecified atom stereocenters. The van der Waals surface area contributed by atoms with Crippen LogP contribution in [0.15, 0.2) is 59.7 Å². The Bertz CT molecular complexity index is 1080. The van der Waals surface area contributed by atoms with E-state index >= 15 is 0 Å². The summed E-state index contributed by atoms with van der Waals surface area (Å²) in [5, 5.41) is 11.6. The van der Waals surface area contributed by atoms with E-state index in [1.807, 2.05) is 30.3 Å². The number of hydrogen-bond acceptors (Lipinski definition) is 4. The fourth-order valence-electron chi connectivity index (χ4n) is 4.55. The lowest BCUT2D eigenvalue weighted by Gasteiger charge is -2.42. The fraction of sp³-hybridized carbons (Fsp3) is 0.375. The molecule has 0 saturated heterocycles. The van der Waals surface area contributed by atoms with Crippen molar-refractivity contribution < 1.29 is 18.3 Å². The maximum atomic E-state index is 14.3. The van der Waals surface area contributed by atoms with Crippen molar-refractivity contribution >= 4 is 22.8 Å². The number of aliphatic imine (C=N–C) groups is 1. The van der Waals surface area contributed by atoms with E-state index in [4.69, 9.17) is 0 Å². The van der Waals surface area contributed by atoms with Crippen LogP contribution >= 0.6 is 0 Å². The smallest absolute Gasteiger partial charge is 0.375 e. The molecular formula is C24H24F3N3O. The average molecular weight is 427 g/mol. The third-order valence-corrected chi connectivity index (χ3v) is 6.14. The van der Waals surface area contributed by atoms with Gasteiger partial charge >= 0.3 is 6.18 Å². The molecule has 1 saturated carbocycles. The van der Waals surface area contributed by atoms with E-state index in [0.717, 1.165) is 12.0 Å². The number of fused-ring (bicyclic) bond motifs is 1. The molecule has 3 aromatic rings. The summed E-state index contributed by atoms with van der Waals surface area (Å²) in [6.07, 6.45) is -0.272. The highest BCUT2D eigenvalue weighted by molar-refractivity contribution is 5.91. The van der Waals surface area contributed by atoms with Crippen LogP contribution < -0.4 is 0 Å². The first-order valence-electron chi connectivity index (χ1n) is 10.4. The van der Waals surface area contributed by atoms with Crippen LogP contribution in [0, 0.1) is 12.8 Å². The molecule has 31 heavy (non-hydrogen) atoms. The summed E-state index contributed by atoms with van der Waals surface area (Å²) in [7, 11) is 0. The standard InChI is InChI=1S/C24H24F3N3O/c1-16-28-14-19-21(12-7-13-22(19)30-16)29-15-23(31,24(25,26)27)20-11-6-5-10-18(20)17-8-3-2-4-9-17/h2-4,7-9,12-15,18,20,31H,5-6,10-11H2,1H3/b29-15-. The Morgan fingerprint density at radius 1 is 1.03 bits per heavy atom. The minimum Gasteiger partial charge on any atom is -0.375 e. The van der Waals surface area contributed by atoms with Crippen LogP contribution in [0.2, 0.25) is 0 Å². The molecule has 3 atom stereocenters. The molecule has 0 radical (unpaired) electrons. The molecule has 0 bridgehead atoms. The minimum atomic E-state index is -4.86. The van der Waals surface area contributed by atoms with Crippen molar-refractivity contribution in [3.8, 4) is 0 Å². The van der Waals surface area contributed by atoms with Gasteiger partial charge in [-0.1, -0.05) is 49.2 Å². The van der Waals surface area contributed by atoms with Gasteiger partial charge in [-0.05, 0) is 43.4 Å². The van der Waals surface area contributed by atoms with Gasteiger partial charge in [-0.15, -0.1) is 0 Å². The first-order valence-corrected chi connectivity index (χ1v) is 10.4. The Labute approximate surface area is 178 Å². The summed E-state index contributed by atoms with van der Waals surface area (Å²) >= 11 is 0. The molecule has 1 aromatic heterocycles. The van der Waals surface area contributed by atoms with Crippen LogP contribution in [0.1, 0.15) is 43.0 Å². The van der Waals surface area contributed by atoms with Crippen LogP contribution in [0.25, 0.3) is 10.9 Å². The third-order valence-electron chi connectivity index (χ3n) is 6.14. The summed E-state index contributed by atoms with van der Waals surface area (Å²) in [6.45, 7) is 1.74. The lowest BCUT2D eigenvalue weighted by atomic mass is 9.67. The summed E-state index contributed by atoms with van der Waals surface area (Å²) in [5.41, 5.74) is -1.33. The van der Waals surface area contributed by atoms with Crippen LogP contribution in [0.4, 0.5) is 18.9 Å². The number of benzene rings is 2. The van der Waals surface area contributed by atoms with Gasteiger partial charge in [0.05, 0.1) is 11.2 Å². The third kappa shape index (κ3) is 4.19. The van der Waals surface area contributed by atoms with Gasteiger partial charge in [-0.25, -0.2) is 9.97 Å². The van der Waals surface area contributed by atoms with Crippen molar-refractivity contribution in [2.45, 2.75) is 50.3 Å². The lowest BCUT2D eigenvalue weighted by molar-refractivity contribution is -0.251. The Morgan fingerprint density at radius 2 is 1.77 bits per heavy atom. The molecule has 4 rings (SSSR count). The maximum Gasteiger partial charge on any atom is 0.422 e. The molecule has 1 heterocycles. The number of alkyl halides is 3. The largest absolute Gasteiger partial charge is 0.422 e. The number of aromatic nitrogens is 2. The molecule has 2 aromatic carbocycles. The number of rotatable bonds is 4. The lowest BCUT2D eigenvalue weighted by Crippen LogP contribution is -2.55. The molecule has 1 aliphatic rings. The van der Waals surface area contributed by atoms with E-state index < -0.39 is 23.6 Å². The first-order chi connectivity index (χ1) is 14.8. The van der Waals surface area contributed by atoms with E-state index in [2.05, 4.69) is 15.0 Å². The summed E-state index contributed by atoms with van der Waals surface area (Å²) in [6, 6.07) is 14.2. The predicted octanol–water partition coefficient (Wildman–Crippen LogP) is 5.91. The van der Waals surface area contributed by atoms with Crippen molar-refractivity contribution in [1.82, 2.24) is 9.97 Å². The van der Waals surface area contributed by atoms with Gasteiger partial charge in [-0.3, -0.25) is 4.99 Å². The monoisotopic (exact) mass is 427 g/mol. The van der Waals surface area contributed by atoms with Gasteiger partial charge in [0.2, 0.25) is 0 Å². The van der Waals surface area contributed by atoms with Crippen LogP contribution in [0.5, 0.6) is 0 Å². The van der Waals surface area contributed by atoms with Crippen molar-refractivity contribution in [2.24, 2.45) is 10.9 Å². The maximum absolute atomic E-state index is 14.3. The normalized spacial score (nSPS) is 22.0. The minimum absolute atomic E-state index is 0.277. The van der Waals surface area contributed by atoms with Gasteiger partial charge in [0.15, 0.2) is 5.60 Å². The second-order valence-corrected chi connectivity index (χ2v) is 8.12. The van der Waals surface area contributed by atoms with Crippen molar-refractivity contribution in [3.63, 3.8) is 0 Å². The van der Waals surface area contributed by atoms with E-state index in [9.17, 15) is 18.3 Å². The van der Waals surface area contributed by atoms with Crippen molar-refractivity contribution in [2.75, 3.05) is 0 Å². The second-order valence-electron chi connectivity index (χ2n) is 8.12. The SMILES string of the molecule is Cc1ncc2c(/N=C\C(O)(C3CCCCC3c3ccccc3)C(F)(F)F)cccc2n1. The molecular weight excluding hydrogens is 403 g/mol. The van der Waals surface area contributed by atoms with Gasteiger partial charge in [0.25, 0.3) is 0 Å². The number of halogens is 3. The number of hydrogen-bond donors (Lipinski definition) is 1. The van der Waals surface area contributed by atoms with Gasteiger partial charge in [-0.2, -0.15) is 13.2 Å². The molecule has 1 fully saturated rings. The van der Waals surface area contributed by atoms with Crippen LogP contribution in [-0.2, 0) is 0 Å². The highest BCUT2D eigenvalue weighted by Gasteiger charge is 2.59. The number of aliphatic hydroxyl groups is 1. The first kappa shape index (κ1) is 21.4. The molecule has 162 valence electrons. The second kappa shape index (κ2) is 8.38. The summed E-state index contributed by atoms with van der Waals surface area (Å²) < 4.78 is 42.8. The molecule has 7 heteroatoms. The van der Waals surface area contributed by atoms with E-state index in [1.54, 1.807) is 31.3 Å². The summed E-state index contributed by atoms with van der Waals surface area (Å²) in [4.78, 5) is 12.6. The molecule has 1 aliphatic carbocycles. The zero-order chi connectivity index (χ0) is 22.1. The number of nitrogens with zero attached hydrogens (tertiary/aromatic N) is 3. The van der Waals surface area contributed by atoms with E-state index in [1.165, 1.54) is 0 Å². The predicted molar refractivity (Wildman–Crippen MR) is 115 cm³/mol. The Balaban J connectivity index is 1.76. The molecule has 0 spiro atoms. The Morgan fingerprint density at radius 3 is 2.52 bits per heavy atom. The molecule has 1 N–H and O–H groups in total. The fourth-order valence-corrected chi connectivity index (χ4v) is 4.55. The molecule has 4 nitrogen and oxygen atoms in total. The van der Waals surface area contributed by atoms with Crippen LogP contribution in [0.3, 0.4) is 0 Å². The van der Waals surface area contributed by atoms with Crippen molar-refractivity contribution in [3.05, 3.63) is 66.1 Å². The van der Waals surface area contributed by atoms with Gasteiger partial charge < -0.3 is 5.11 Å². The van der Waals surface area contributed by atoms with E-state index in [0.29, 0.717) is 41.5 Å². The molecule has 0 aliphatic heterocycles. The highest BCUT2D eigenvalue weighted by Crippen LogP contribution is 2.48. The van der Waals surface area contributed by atoms with Crippen LogP contribution in [-0.4, -0.2) is 33.1 Å². The highest BCUT2D eigenvalue weighted by atomic mass is 19.4. The van der Waals surface area contributed by atoms with Gasteiger partial charge in [0, 0.05) is 23.7 Å². The van der Waals surface area contributed by atoms with Gasteiger partial charge in [0.1, 0.15) is 5.82 Å². The zero-order valence-electron chi connectivity index (χ0n) is 17.2. The Kier molecular flexibility index (Phi) is 5.79. The molecule has 0 amide bonds.